The van der Waals surface area contributed by atoms with Gasteiger partial charge < -0.3 is 14.8 Å². The van der Waals surface area contributed by atoms with E-state index in [1.807, 2.05) is 16.8 Å². The lowest BCUT2D eigenvalue weighted by Crippen LogP contribution is -2.31. The summed E-state index contributed by atoms with van der Waals surface area (Å²) in [5, 5.41) is 6.74. The second kappa shape index (κ2) is 5.71. The number of amides is 2. The minimum Gasteiger partial charge on any atom is -0.323 e. The first-order valence-corrected chi connectivity index (χ1v) is 6.70. The SMILES string of the molecule is CN(Cc1ccsc1)C(=O)Nc1ccc(=O)n(C)c1. The number of carbonyl (C=O) groups excluding carboxylic acids is 1. The van der Waals surface area contributed by atoms with Gasteiger partial charge in [0.25, 0.3) is 0 Å². The summed E-state index contributed by atoms with van der Waals surface area (Å²) >= 11 is 1.60. The molecule has 0 aliphatic heterocycles. The molecule has 0 aliphatic carbocycles. The molecule has 0 unspecified atom stereocenters. The van der Waals surface area contributed by atoms with Gasteiger partial charge in [-0.2, -0.15) is 11.3 Å². The predicted molar refractivity (Wildman–Crippen MR) is 76.5 cm³/mol. The van der Waals surface area contributed by atoms with Gasteiger partial charge >= 0.3 is 6.03 Å². The average Bonchev–Trinajstić information content (AvgIpc) is 2.86. The lowest BCUT2D eigenvalue weighted by Gasteiger charge is -2.17. The Morgan fingerprint density at radius 2 is 2.21 bits per heavy atom. The van der Waals surface area contributed by atoms with Crippen LogP contribution in [-0.4, -0.2) is 22.5 Å². The number of rotatable bonds is 3. The van der Waals surface area contributed by atoms with Crippen LogP contribution >= 0.6 is 11.3 Å². The Kier molecular flexibility index (Phi) is 4.01. The van der Waals surface area contributed by atoms with Crippen LogP contribution in [0, 0.1) is 0 Å². The van der Waals surface area contributed by atoms with Crippen LogP contribution in [0.25, 0.3) is 0 Å². The van der Waals surface area contributed by atoms with Crippen molar-refractivity contribution in [1.82, 2.24) is 9.47 Å². The van der Waals surface area contributed by atoms with E-state index >= 15 is 0 Å². The third-order valence-corrected chi connectivity index (χ3v) is 3.42. The number of hydrogen-bond donors (Lipinski definition) is 1. The van der Waals surface area contributed by atoms with Crippen molar-refractivity contribution < 1.29 is 4.79 Å². The number of hydrogen-bond acceptors (Lipinski definition) is 3. The van der Waals surface area contributed by atoms with Crippen molar-refractivity contribution in [2.24, 2.45) is 7.05 Å². The molecule has 0 saturated carbocycles. The molecular weight excluding hydrogens is 262 g/mol. The first-order valence-electron chi connectivity index (χ1n) is 5.76. The Morgan fingerprint density at radius 3 is 2.84 bits per heavy atom. The number of aryl methyl sites for hydroxylation is 1. The average molecular weight is 277 g/mol. The molecule has 2 aromatic rings. The molecule has 0 radical (unpaired) electrons. The van der Waals surface area contributed by atoms with Crippen LogP contribution in [-0.2, 0) is 13.6 Å². The maximum atomic E-state index is 12.0. The molecule has 0 bridgehead atoms. The number of carbonyl (C=O) groups is 1. The van der Waals surface area contributed by atoms with Crippen LogP contribution < -0.4 is 10.9 Å². The Hall–Kier alpha value is -2.08. The van der Waals surface area contributed by atoms with Crippen molar-refractivity contribution in [3.63, 3.8) is 0 Å². The van der Waals surface area contributed by atoms with Gasteiger partial charge in [0, 0.05) is 32.9 Å². The van der Waals surface area contributed by atoms with Crippen LogP contribution in [0.15, 0.2) is 40.0 Å². The van der Waals surface area contributed by atoms with Crippen LogP contribution in [0.5, 0.6) is 0 Å². The zero-order valence-electron chi connectivity index (χ0n) is 10.8. The fourth-order valence-electron chi connectivity index (χ4n) is 1.62. The van der Waals surface area contributed by atoms with Gasteiger partial charge in [-0.05, 0) is 28.5 Å². The number of aromatic nitrogens is 1. The van der Waals surface area contributed by atoms with Crippen molar-refractivity contribution >= 4 is 23.1 Å². The van der Waals surface area contributed by atoms with E-state index in [9.17, 15) is 9.59 Å². The topological polar surface area (TPSA) is 54.3 Å². The normalized spacial score (nSPS) is 10.2. The molecule has 0 spiro atoms. The zero-order valence-corrected chi connectivity index (χ0v) is 11.6. The third kappa shape index (κ3) is 3.45. The molecule has 0 atom stereocenters. The molecule has 1 N–H and O–H groups in total. The molecule has 0 aliphatic rings. The zero-order chi connectivity index (χ0) is 13.8. The summed E-state index contributed by atoms with van der Waals surface area (Å²) in [6.45, 7) is 0.557. The maximum absolute atomic E-state index is 12.0. The van der Waals surface area contributed by atoms with Crippen LogP contribution in [0.2, 0.25) is 0 Å². The molecule has 5 nitrogen and oxygen atoms in total. The summed E-state index contributed by atoms with van der Waals surface area (Å²) in [7, 11) is 3.38. The summed E-state index contributed by atoms with van der Waals surface area (Å²) in [6.07, 6.45) is 1.60. The highest BCUT2D eigenvalue weighted by Gasteiger charge is 2.09. The van der Waals surface area contributed by atoms with Gasteiger partial charge in [-0.25, -0.2) is 4.79 Å². The number of thiophene rings is 1. The number of nitrogens with one attached hydrogen (secondary N) is 1. The maximum Gasteiger partial charge on any atom is 0.321 e. The van der Waals surface area contributed by atoms with Gasteiger partial charge in [0.05, 0.1) is 5.69 Å². The van der Waals surface area contributed by atoms with Crippen molar-refractivity contribution in [2.45, 2.75) is 6.54 Å². The summed E-state index contributed by atoms with van der Waals surface area (Å²) in [5.41, 5.74) is 1.59. The van der Waals surface area contributed by atoms with E-state index in [0.717, 1.165) is 5.56 Å². The van der Waals surface area contributed by atoms with Crippen molar-refractivity contribution in [3.8, 4) is 0 Å². The van der Waals surface area contributed by atoms with Gasteiger partial charge in [0.1, 0.15) is 0 Å². The largest absolute Gasteiger partial charge is 0.323 e. The second-order valence-corrected chi connectivity index (χ2v) is 5.06. The monoisotopic (exact) mass is 277 g/mol. The highest BCUT2D eigenvalue weighted by molar-refractivity contribution is 7.07. The minimum absolute atomic E-state index is 0.107. The van der Waals surface area contributed by atoms with E-state index in [1.165, 1.54) is 10.6 Å². The minimum atomic E-state index is -0.204. The summed E-state index contributed by atoms with van der Waals surface area (Å²) in [5.74, 6) is 0. The fraction of sp³-hybridized carbons (Fsp3) is 0.231. The molecule has 2 amide bonds. The number of pyridine rings is 1. The quantitative estimate of drug-likeness (QED) is 0.934. The highest BCUT2D eigenvalue weighted by Crippen LogP contribution is 2.10. The van der Waals surface area contributed by atoms with E-state index in [4.69, 9.17) is 0 Å². The van der Waals surface area contributed by atoms with Crippen molar-refractivity contribution in [2.75, 3.05) is 12.4 Å². The van der Waals surface area contributed by atoms with E-state index < -0.39 is 0 Å². The van der Waals surface area contributed by atoms with Crippen LogP contribution in [0.4, 0.5) is 10.5 Å². The summed E-state index contributed by atoms with van der Waals surface area (Å²) < 4.78 is 1.43. The van der Waals surface area contributed by atoms with Gasteiger partial charge in [-0.15, -0.1) is 0 Å². The Bertz CT molecular complexity index is 619. The smallest absolute Gasteiger partial charge is 0.321 e. The molecule has 6 heteroatoms. The standard InChI is InChI=1S/C13H15N3O2S/c1-15-8-11(3-4-12(15)17)14-13(18)16(2)7-10-5-6-19-9-10/h3-6,8-9H,7H2,1-2H3,(H,14,18). The molecule has 19 heavy (non-hydrogen) atoms. The van der Waals surface area contributed by atoms with Gasteiger partial charge in [0.15, 0.2) is 0 Å². The van der Waals surface area contributed by atoms with Crippen LogP contribution in [0.1, 0.15) is 5.56 Å². The fourth-order valence-corrected chi connectivity index (χ4v) is 2.27. The molecule has 100 valence electrons. The summed E-state index contributed by atoms with van der Waals surface area (Å²) in [6, 6.07) is 4.80. The highest BCUT2D eigenvalue weighted by atomic mass is 32.1. The van der Waals surface area contributed by atoms with E-state index in [1.54, 1.807) is 42.6 Å². The molecule has 0 aromatic carbocycles. The molecule has 2 aromatic heterocycles. The van der Waals surface area contributed by atoms with Gasteiger partial charge in [0.2, 0.25) is 5.56 Å². The van der Waals surface area contributed by atoms with E-state index in [0.29, 0.717) is 12.2 Å². The number of anilines is 1. The summed E-state index contributed by atoms with van der Waals surface area (Å²) in [4.78, 5) is 24.8. The Morgan fingerprint density at radius 1 is 1.42 bits per heavy atom. The first-order chi connectivity index (χ1) is 9.06. The Balaban J connectivity index is 2.00. The second-order valence-electron chi connectivity index (χ2n) is 4.28. The van der Waals surface area contributed by atoms with Gasteiger partial charge in [-0.1, -0.05) is 0 Å². The van der Waals surface area contributed by atoms with Crippen LogP contribution in [0.3, 0.4) is 0 Å². The van der Waals surface area contributed by atoms with Crippen molar-refractivity contribution in [3.05, 3.63) is 51.1 Å². The molecule has 2 heterocycles. The number of nitrogens with zero attached hydrogens (tertiary/aromatic N) is 2. The van der Waals surface area contributed by atoms with E-state index in [-0.39, 0.29) is 11.6 Å². The molecule has 2 rings (SSSR count). The Labute approximate surface area is 115 Å². The third-order valence-electron chi connectivity index (χ3n) is 2.68. The molecular formula is C13H15N3O2S. The number of urea groups is 1. The van der Waals surface area contributed by atoms with E-state index in [2.05, 4.69) is 5.32 Å². The van der Waals surface area contributed by atoms with Gasteiger partial charge in [-0.3, -0.25) is 4.79 Å². The van der Waals surface area contributed by atoms with Crippen molar-refractivity contribution in [1.29, 1.82) is 0 Å². The molecule has 0 fully saturated rings. The predicted octanol–water partition coefficient (Wildman–Crippen LogP) is 2.11. The lowest BCUT2D eigenvalue weighted by molar-refractivity contribution is 0.220. The lowest BCUT2D eigenvalue weighted by atomic mass is 10.3. The molecule has 0 saturated heterocycles. The first kappa shape index (κ1) is 13.4.